The van der Waals surface area contributed by atoms with E-state index in [9.17, 15) is 4.79 Å². The number of aromatic nitrogens is 3. The zero-order valence-corrected chi connectivity index (χ0v) is 14.9. The molecule has 1 saturated carbocycles. The minimum Gasteiger partial charge on any atom is -0.351 e. The summed E-state index contributed by atoms with van der Waals surface area (Å²) in [6.07, 6.45) is 8.31. The summed E-state index contributed by atoms with van der Waals surface area (Å²) in [7, 11) is 0. The Bertz CT molecular complexity index is 913. The maximum atomic E-state index is 13.0. The molecule has 132 valence electrons. The predicted molar refractivity (Wildman–Crippen MR) is 99.9 cm³/mol. The lowest BCUT2D eigenvalue weighted by molar-refractivity contribution is -0.130. The molecule has 0 aliphatic heterocycles. The maximum absolute atomic E-state index is 13.0. The number of carbonyl (C=O) groups is 1. The molecule has 2 heterocycles. The molecular formula is C21H22N4O. The second-order valence-corrected chi connectivity index (χ2v) is 6.81. The molecule has 4 rings (SSSR count). The zero-order valence-electron chi connectivity index (χ0n) is 14.9. The first-order chi connectivity index (χ1) is 12.7. The van der Waals surface area contributed by atoms with E-state index in [0.717, 1.165) is 42.0 Å². The Balaban J connectivity index is 1.55. The van der Waals surface area contributed by atoms with E-state index in [1.54, 1.807) is 12.4 Å². The van der Waals surface area contributed by atoms with Crippen molar-refractivity contribution < 1.29 is 4.79 Å². The topological polar surface area (TPSA) is 59.8 Å². The fourth-order valence-corrected chi connectivity index (χ4v) is 3.67. The van der Waals surface area contributed by atoms with Gasteiger partial charge < -0.3 is 5.32 Å². The highest BCUT2D eigenvalue weighted by molar-refractivity contribution is 5.89. The van der Waals surface area contributed by atoms with Crippen molar-refractivity contribution in [3.8, 4) is 5.82 Å². The summed E-state index contributed by atoms with van der Waals surface area (Å²) in [5.41, 5.74) is 1.71. The number of hydrogen-bond acceptors (Lipinski definition) is 3. The van der Waals surface area contributed by atoms with Crippen molar-refractivity contribution >= 4 is 5.91 Å². The van der Waals surface area contributed by atoms with Gasteiger partial charge in [0.05, 0.1) is 5.41 Å². The van der Waals surface area contributed by atoms with Crippen LogP contribution < -0.4 is 5.32 Å². The average molecular weight is 346 g/mol. The Morgan fingerprint density at radius 3 is 2.58 bits per heavy atom. The van der Waals surface area contributed by atoms with E-state index in [0.29, 0.717) is 6.54 Å². The van der Waals surface area contributed by atoms with Crippen LogP contribution in [0.3, 0.4) is 0 Å². The molecule has 0 bridgehead atoms. The smallest absolute Gasteiger partial charge is 0.230 e. The van der Waals surface area contributed by atoms with Gasteiger partial charge in [-0.1, -0.05) is 42.8 Å². The van der Waals surface area contributed by atoms with Crippen molar-refractivity contribution in [2.75, 3.05) is 0 Å². The molecule has 1 aliphatic rings. The van der Waals surface area contributed by atoms with Crippen molar-refractivity contribution in [3.05, 3.63) is 78.0 Å². The summed E-state index contributed by atoms with van der Waals surface area (Å²) in [4.78, 5) is 21.8. The molecule has 2 aromatic heterocycles. The fraction of sp³-hybridized carbons (Fsp3) is 0.286. The van der Waals surface area contributed by atoms with E-state index in [-0.39, 0.29) is 11.3 Å². The summed E-state index contributed by atoms with van der Waals surface area (Å²) >= 11 is 0. The third-order valence-corrected chi connectivity index (χ3v) is 5.33. The first kappa shape index (κ1) is 16.5. The van der Waals surface area contributed by atoms with Gasteiger partial charge in [0, 0.05) is 30.7 Å². The van der Waals surface area contributed by atoms with Gasteiger partial charge in [-0.2, -0.15) is 0 Å². The van der Waals surface area contributed by atoms with Gasteiger partial charge in [0.25, 0.3) is 0 Å². The van der Waals surface area contributed by atoms with E-state index in [1.165, 1.54) is 0 Å². The molecule has 1 N–H and O–H groups in total. The van der Waals surface area contributed by atoms with E-state index in [4.69, 9.17) is 0 Å². The molecule has 1 amide bonds. The minimum atomic E-state index is -0.380. The van der Waals surface area contributed by atoms with Crippen LogP contribution in [0.25, 0.3) is 5.82 Å². The lowest BCUT2D eigenvalue weighted by Gasteiger charge is -2.40. The third-order valence-electron chi connectivity index (χ3n) is 5.33. The van der Waals surface area contributed by atoms with Crippen molar-refractivity contribution in [2.24, 2.45) is 0 Å². The molecule has 0 radical (unpaired) electrons. The lowest BCUT2D eigenvalue weighted by Crippen LogP contribution is -2.49. The molecule has 26 heavy (non-hydrogen) atoms. The lowest BCUT2D eigenvalue weighted by atomic mass is 9.64. The fourth-order valence-electron chi connectivity index (χ4n) is 3.67. The number of hydrogen-bond donors (Lipinski definition) is 1. The average Bonchev–Trinajstić information content (AvgIpc) is 3.06. The van der Waals surface area contributed by atoms with Crippen LogP contribution in [0.2, 0.25) is 0 Å². The van der Waals surface area contributed by atoms with Gasteiger partial charge in [-0.15, -0.1) is 0 Å². The second kappa shape index (κ2) is 6.75. The summed E-state index contributed by atoms with van der Waals surface area (Å²) in [5.74, 6) is 1.79. The van der Waals surface area contributed by atoms with Crippen molar-refractivity contribution in [1.82, 2.24) is 19.9 Å². The summed E-state index contributed by atoms with van der Waals surface area (Å²) in [6, 6.07) is 14.0. The maximum Gasteiger partial charge on any atom is 0.230 e. The van der Waals surface area contributed by atoms with E-state index in [1.807, 2.05) is 48.0 Å². The summed E-state index contributed by atoms with van der Waals surface area (Å²) in [6.45, 7) is 2.39. The molecule has 0 unspecified atom stereocenters. The van der Waals surface area contributed by atoms with E-state index in [2.05, 4.69) is 27.4 Å². The number of pyridine rings is 1. The molecule has 1 aromatic carbocycles. The van der Waals surface area contributed by atoms with Crippen molar-refractivity contribution in [1.29, 1.82) is 0 Å². The first-order valence-electron chi connectivity index (χ1n) is 8.99. The van der Waals surface area contributed by atoms with Crippen molar-refractivity contribution in [2.45, 2.75) is 38.1 Å². The molecule has 1 aliphatic carbocycles. The number of aryl methyl sites for hydroxylation is 1. The van der Waals surface area contributed by atoms with Gasteiger partial charge in [-0.25, -0.2) is 9.97 Å². The normalized spacial score (nSPS) is 15.3. The van der Waals surface area contributed by atoms with Gasteiger partial charge in [0.1, 0.15) is 11.6 Å². The number of nitrogens with one attached hydrogen (secondary N) is 1. The number of benzene rings is 1. The largest absolute Gasteiger partial charge is 0.351 e. The van der Waals surface area contributed by atoms with Gasteiger partial charge in [-0.05, 0) is 31.4 Å². The molecule has 1 fully saturated rings. The number of carbonyl (C=O) groups excluding carboxylic acids is 1. The monoisotopic (exact) mass is 346 g/mol. The molecule has 3 aromatic rings. The van der Waals surface area contributed by atoms with Crippen LogP contribution in [0.5, 0.6) is 0 Å². The summed E-state index contributed by atoms with van der Waals surface area (Å²) in [5, 5.41) is 3.15. The Hall–Kier alpha value is -2.95. The van der Waals surface area contributed by atoms with Crippen LogP contribution in [0.4, 0.5) is 0 Å². The van der Waals surface area contributed by atoms with Crippen LogP contribution in [0.1, 0.15) is 36.2 Å². The highest BCUT2D eigenvalue weighted by Crippen LogP contribution is 2.43. The molecule has 5 nitrogen and oxygen atoms in total. The Morgan fingerprint density at radius 1 is 1.12 bits per heavy atom. The summed E-state index contributed by atoms with van der Waals surface area (Å²) < 4.78 is 1.94. The van der Waals surface area contributed by atoms with Crippen LogP contribution >= 0.6 is 0 Å². The SMILES string of the molecule is Cc1nccn1-c1ncccc1CNC(=O)C1(c2ccccc2)CCC1. The molecule has 5 heteroatoms. The van der Waals surface area contributed by atoms with Gasteiger partial charge in [-0.3, -0.25) is 9.36 Å². The number of nitrogens with zero attached hydrogens (tertiary/aromatic N) is 3. The number of rotatable bonds is 5. The number of amides is 1. The predicted octanol–water partition coefficient (Wildman–Crippen LogP) is 3.31. The van der Waals surface area contributed by atoms with Gasteiger partial charge in [0.15, 0.2) is 0 Å². The zero-order chi connectivity index (χ0) is 18.0. The minimum absolute atomic E-state index is 0.104. The quantitative estimate of drug-likeness (QED) is 0.771. The number of imidazole rings is 1. The third kappa shape index (κ3) is 2.79. The Labute approximate surface area is 153 Å². The van der Waals surface area contributed by atoms with Gasteiger partial charge >= 0.3 is 0 Å². The van der Waals surface area contributed by atoms with Crippen molar-refractivity contribution in [3.63, 3.8) is 0 Å². The Morgan fingerprint density at radius 2 is 1.92 bits per heavy atom. The Kier molecular flexibility index (Phi) is 4.29. The van der Waals surface area contributed by atoms with Crippen LogP contribution in [-0.2, 0) is 16.8 Å². The highest BCUT2D eigenvalue weighted by Gasteiger charge is 2.45. The van der Waals surface area contributed by atoms with Gasteiger partial charge in [0.2, 0.25) is 5.91 Å². The highest BCUT2D eigenvalue weighted by atomic mass is 16.2. The van der Waals surface area contributed by atoms with Crippen LogP contribution in [0.15, 0.2) is 61.1 Å². The second-order valence-electron chi connectivity index (χ2n) is 6.81. The van der Waals surface area contributed by atoms with Crippen LogP contribution in [0, 0.1) is 6.92 Å². The van der Waals surface area contributed by atoms with E-state index < -0.39 is 0 Å². The molecule has 0 atom stereocenters. The molecule has 0 saturated heterocycles. The standard InChI is InChI=1S/C21H22N4O/c1-16-22-13-14-25(16)19-17(7-5-12-23-19)15-24-20(26)21(10-6-11-21)18-8-3-2-4-9-18/h2-5,7-9,12-14H,6,10-11,15H2,1H3,(H,24,26). The first-order valence-corrected chi connectivity index (χ1v) is 8.99. The van der Waals surface area contributed by atoms with E-state index >= 15 is 0 Å². The molecule has 0 spiro atoms. The molecular weight excluding hydrogens is 324 g/mol. The van der Waals surface area contributed by atoms with Crippen LogP contribution in [-0.4, -0.2) is 20.4 Å².